The van der Waals surface area contributed by atoms with E-state index < -0.39 is 4.92 Å². The molecule has 0 bridgehead atoms. The topological polar surface area (TPSA) is 76.7 Å². The maximum Gasteiger partial charge on any atom is 0.293 e. The predicted octanol–water partition coefficient (Wildman–Crippen LogP) is 1.67. The molecule has 120 valence electrons. The highest BCUT2D eigenvalue weighted by Gasteiger charge is 2.38. The van der Waals surface area contributed by atoms with Crippen molar-refractivity contribution in [3.63, 3.8) is 0 Å². The summed E-state index contributed by atoms with van der Waals surface area (Å²) < 4.78 is 0. The highest BCUT2D eigenvalue weighted by Crippen LogP contribution is 2.29. The van der Waals surface area contributed by atoms with Crippen LogP contribution in [0.3, 0.4) is 0 Å². The molecule has 0 radical (unpaired) electrons. The molecule has 22 heavy (non-hydrogen) atoms. The van der Waals surface area contributed by atoms with Crippen LogP contribution >= 0.6 is 0 Å². The van der Waals surface area contributed by atoms with Crippen LogP contribution in [0.2, 0.25) is 0 Å². The third-order valence-corrected chi connectivity index (χ3v) is 4.84. The van der Waals surface area contributed by atoms with Crippen LogP contribution in [0.1, 0.15) is 42.5 Å². The highest BCUT2D eigenvalue weighted by molar-refractivity contribution is 5.79. The van der Waals surface area contributed by atoms with Crippen molar-refractivity contribution in [2.75, 3.05) is 26.0 Å². The maximum absolute atomic E-state index is 11.2. The first-order valence-electron chi connectivity index (χ1n) is 7.77. The number of hydrogen-bond donors (Lipinski definition) is 2. The van der Waals surface area contributed by atoms with Gasteiger partial charge in [-0.2, -0.15) is 0 Å². The van der Waals surface area contributed by atoms with Crippen molar-refractivity contribution in [1.29, 1.82) is 0 Å². The molecule has 1 saturated carbocycles. The van der Waals surface area contributed by atoms with Crippen LogP contribution in [0.4, 0.5) is 11.4 Å². The molecule has 0 heterocycles. The van der Waals surface area contributed by atoms with Gasteiger partial charge in [-0.15, -0.1) is 0 Å². The smallest absolute Gasteiger partial charge is 0.293 e. The van der Waals surface area contributed by atoms with Crippen LogP contribution in [-0.4, -0.2) is 37.4 Å². The predicted molar refractivity (Wildman–Crippen MR) is 85.6 cm³/mol. The molecule has 1 aromatic rings. The van der Waals surface area contributed by atoms with Crippen molar-refractivity contribution >= 4 is 17.7 Å². The van der Waals surface area contributed by atoms with E-state index in [2.05, 4.69) is 19.4 Å². The van der Waals surface area contributed by atoms with Gasteiger partial charge in [0.05, 0.1) is 25.6 Å². The summed E-state index contributed by atoms with van der Waals surface area (Å²) in [7, 11) is 4.30. The Hall–Kier alpha value is -1.95. The van der Waals surface area contributed by atoms with Crippen molar-refractivity contribution in [1.82, 2.24) is 0 Å². The first-order valence-corrected chi connectivity index (χ1v) is 7.77. The van der Waals surface area contributed by atoms with Crippen LogP contribution in [0.5, 0.6) is 0 Å². The molecule has 0 saturated heterocycles. The molecule has 0 aromatic heterocycles. The van der Waals surface area contributed by atoms with Gasteiger partial charge in [0.2, 0.25) is 0 Å². The van der Waals surface area contributed by atoms with Crippen LogP contribution in [0.25, 0.3) is 0 Å². The number of nitro groups is 1. The van der Waals surface area contributed by atoms with Crippen molar-refractivity contribution < 1.29 is 14.6 Å². The number of nitrogens with zero attached hydrogens (tertiary/aromatic N) is 1. The molecule has 1 aliphatic rings. The minimum Gasteiger partial charge on any atom is -0.373 e. The van der Waals surface area contributed by atoms with E-state index in [-0.39, 0.29) is 11.2 Å². The number of likely N-dealkylation sites (N-methyl/N-ethyl adjacent to an activating group) is 1. The van der Waals surface area contributed by atoms with Crippen LogP contribution in [0, 0.1) is 10.1 Å². The fourth-order valence-electron chi connectivity index (χ4n) is 3.27. The normalized spacial score (nSPS) is 17.2. The lowest BCUT2D eigenvalue weighted by Crippen LogP contribution is -3.16. The second-order valence-electron chi connectivity index (χ2n) is 6.35. The van der Waals surface area contributed by atoms with E-state index in [1.165, 1.54) is 30.2 Å². The Labute approximate surface area is 130 Å². The fraction of sp³-hybridized carbons (Fsp3) is 0.562. The molecule has 1 aliphatic carbocycles. The Bertz CT molecular complexity index is 552. The second-order valence-corrected chi connectivity index (χ2v) is 6.35. The van der Waals surface area contributed by atoms with Gasteiger partial charge in [0.1, 0.15) is 17.5 Å². The monoisotopic (exact) mass is 306 g/mol. The number of hydrogen-bond acceptors (Lipinski definition) is 4. The summed E-state index contributed by atoms with van der Waals surface area (Å²) in [6.07, 6.45) is 6.57. The lowest BCUT2D eigenvalue weighted by Gasteiger charge is -2.40. The molecule has 1 fully saturated rings. The SMILES string of the molecule is C[NH+](C)C1(CNc2ccc(C=O)cc2[N+](=O)[O-])CCCCC1. The molecule has 2 rings (SSSR count). The van der Waals surface area contributed by atoms with Gasteiger partial charge in [-0.25, -0.2) is 0 Å². The van der Waals surface area contributed by atoms with Crippen molar-refractivity contribution in [3.8, 4) is 0 Å². The molecule has 6 nitrogen and oxygen atoms in total. The first-order chi connectivity index (χ1) is 10.5. The summed E-state index contributed by atoms with van der Waals surface area (Å²) in [5.41, 5.74) is 0.893. The fourth-order valence-corrected chi connectivity index (χ4v) is 3.27. The van der Waals surface area contributed by atoms with Crippen LogP contribution in [-0.2, 0) is 0 Å². The largest absolute Gasteiger partial charge is 0.373 e. The molecular weight excluding hydrogens is 282 g/mol. The number of nitro benzene ring substituents is 1. The van der Waals surface area contributed by atoms with Gasteiger partial charge in [0.25, 0.3) is 5.69 Å². The zero-order valence-electron chi connectivity index (χ0n) is 13.2. The summed E-state index contributed by atoms with van der Waals surface area (Å²) in [5, 5.41) is 14.5. The van der Waals surface area contributed by atoms with E-state index >= 15 is 0 Å². The minimum absolute atomic E-state index is 0.0377. The number of carbonyl (C=O) groups is 1. The Kier molecular flexibility index (Phi) is 5.13. The Morgan fingerprint density at radius 1 is 1.32 bits per heavy atom. The molecule has 1 aromatic carbocycles. The number of nitrogens with one attached hydrogen (secondary N) is 2. The standard InChI is InChI=1S/C16H23N3O3/c1-18(2)16(8-4-3-5-9-16)12-17-14-7-6-13(11-20)10-15(14)19(21)22/h6-7,10-11,17H,3-5,8-9,12H2,1-2H3/p+1. The molecule has 0 amide bonds. The molecule has 6 heteroatoms. The van der Waals surface area contributed by atoms with Gasteiger partial charge < -0.3 is 10.2 Å². The van der Waals surface area contributed by atoms with Gasteiger partial charge in [0, 0.05) is 24.5 Å². The first kappa shape index (κ1) is 16.4. The van der Waals surface area contributed by atoms with E-state index in [1.807, 2.05) is 0 Å². The summed E-state index contributed by atoms with van der Waals surface area (Å²) in [6.45, 7) is 0.705. The van der Waals surface area contributed by atoms with Crippen LogP contribution < -0.4 is 10.2 Å². The summed E-state index contributed by atoms with van der Waals surface area (Å²) in [6, 6.07) is 4.56. The minimum atomic E-state index is -0.439. The molecule has 0 aliphatic heterocycles. The van der Waals surface area contributed by atoms with E-state index in [1.54, 1.807) is 12.1 Å². The van der Waals surface area contributed by atoms with Crippen molar-refractivity contribution in [2.24, 2.45) is 0 Å². The summed E-state index contributed by atoms with van der Waals surface area (Å²) >= 11 is 0. The summed E-state index contributed by atoms with van der Waals surface area (Å²) in [4.78, 5) is 22.9. The molecular formula is C16H24N3O3+. The zero-order valence-corrected chi connectivity index (χ0v) is 13.2. The number of anilines is 1. The Morgan fingerprint density at radius 2 is 2.00 bits per heavy atom. The molecule has 2 N–H and O–H groups in total. The number of rotatable bonds is 6. The van der Waals surface area contributed by atoms with E-state index in [4.69, 9.17) is 0 Å². The van der Waals surface area contributed by atoms with Gasteiger partial charge >= 0.3 is 0 Å². The third-order valence-electron chi connectivity index (χ3n) is 4.84. The number of quaternary nitrogens is 1. The number of benzene rings is 1. The lowest BCUT2D eigenvalue weighted by molar-refractivity contribution is -0.915. The van der Waals surface area contributed by atoms with Gasteiger partial charge in [-0.3, -0.25) is 14.9 Å². The highest BCUT2D eigenvalue weighted by atomic mass is 16.6. The van der Waals surface area contributed by atoms with Gasteiger partial charge in [0.15, 0.2) is 0 Å². The third kappa shape index (κ3) is 3.44. The van der Waals surface area contributed by atoms with Crippen LogP contribution in [0.15, 0.2) is 18.2 Å². The van der Waals surface area contributed by atoms with E-state index in [0.29, 0.717) is 24.1 Å². The summed E-state index contributed by atoms with van der Waals surface area (Å²) in [5.74, 6) is 0. The quantitative estimate of drug-likeness (QED) is 0.476. The average molecular weight is 306 g/mol. The molecule has 0 spiro atoms. The molecule has 0 unspecified atom stereocenters. The maximum atomic E-state index is 11.2. The van der Waals surface area contributed by atoms with Gasteiger partial charge in [-0.05, 0) is 25.0 Å². The number of aldehydes is 1. The molecule has 0 atom stereocenters. The number of carbonyl (C=O) groups excluding carboxylic acids is 1. The van der Waals surface area contributed by atoms with Crippen molar-refractivity contribution in [3.05, 3.63) is 33.9 Å². The van der Waals surface area contributed by atoms with Gasteiger partial charge in [-0.1, -0.05) is 6.42 Å². The average Bonchev–Trinajstić information content (AvgIpc) is 2.53. The second kappa shape index (κ2) is 6.87. The van der Waals surface area contributed by atoms with Crippen molar-refractivity contribution in [2.45, 2.75) is 37.6 Å². The van der Waals surface area contributed by atoms with E-state index in [9.17, 15) is 14.9 Å². The van der Waals surface area contributed by atoms with E-state index in [0.717, 1.165) is 12.8 Å². The Balaban J connectivity index is 2.19. The lowest BCUT2D eigenvalue weighted by atomic mass is 9.80. The Morgan fingerprint density at radius 3 is 2.55 bits per heavy atom. The zero-order chi connectivity index (χ0) is 16.2.